The molecule has 2 aromatic heterocycles. The van der Waals surface area contributed by atoms with Crippen LogP contribution in [0.25, 0.3) is 10.8 Å². The molecular weight excluding hydrogens is 299 g/mol. The first kappa shape index (κ1) is 9.14. The van der Waals surface area contributed by atoms with Gasteiger partial charge < -0.3 is 4.42 Å². The first-order valence-corrected chi connectivity index (χ1v) is 5.68. The zero-order valence-corrected chi connectivity index (χ0v) is 10.1. The summed E-state index contributed by atoms with van der Waals surface area (Å²) in [5.74, 6) is 1.23. The quantitative estimate of drug-likeness (QED) is 0.760. The molecule has 0 bridgehead atoms. The van der Waals surface area contributed by atoms with Crippen molar-refractivity contribution in [3.05, 3.63) is 20.4 Å². The van der Waals surface area contributed by atoms with E-state index in [0.29, 0.717) is 11.8 Å². The van der Waals surface area contributed by atoms with E-state index in [9.17, 15) is 0 Å². The van der Waals surface area contributed by atoms with Crippen LogP contribution in [0.4, 0.5) is 0 Å². The number of aromatic nitrogens is 2. The van der Waals surface area contributed by atoms with Gasteiger partial charge in [0.15, 0.2) is 0 Å². The van der Waals surface area contributed by atoms with Crippen molar-refractivity contribution in [2.75, 3.05) is 0 Å². The zero-order valence-electron chi connectivity index (χ0n) is 7.17. The third-order valence-electron chi connectivity index (χ3n) is 1.62. The largest absolute Gasteiger partial charge is 0.420 e. The molecule has 5 heteroatoms. The van der Waals surface area contributed by atoms with E-state index in [1.165, 1.54) is 9.13 Å². The summed E-state index contributed by atoms with van der Waals surface area (Å²) in [7, 11) is 0. The molecule has 3 nitrogen and oxygen atoms in total. The molecule has 0 amide bonds. The van der Waals surface area contributed by atoms with Crippen LogP contribution in [0.2, 0.25) is 0 Å². The highest BCUT2D eigenvalue weighted by molar-refractivity contribution is 14.1. The minimum Gasteiger partial charge on any atom is -0.420 e. The van der Waals surface area contributed by atoms with Gasteiger partial charge in [-0.05, 0) is 40.5 Å². The molecule has 2 rings (SSSR count). The summed E-state index contributed by atoms with van der Waals surface area (Å²) in [4.78, 5) is 1.07. The molecule has 0 radical (unpaired) electrons. The maximum absolute atomic E-state index is 5.35. The van der Waals surface area contributed by atoms with Crippen molar-refractivity contribution < 1.29 is 4.42 Å². The molecule has 2 heterocycles. The van der Waals surface area contributed by atoms with Gasteiger partial charge in [0.1, 0.15) is 4.88 Å². The predicted octanol–water partition coefficient (Wildman–Crippen LogP) is 3.02. The van der Waals surface area contributed by atoms with E-state index in [4.69, 9.17) is 4.42 Å². The Balaban J connectivity index is 2.52. The predicted molar refractivity (Wildman–Crippen MR) is 59.8 cm³/mol. The van der Waals surface area contributed by atoms with Gasteiger partial charge >= 0.3 is 0 Å². The Hall–Kier alpha value is -0.430. The lowest BCUT2D eigenvalue weighted by atomic mass is 10.3. The lowest BCUT2D eigenvalue weighted by Gasteiger charge is -1.90. The molecule has 68 valence electrons. The summed E-state index contributed by atoms with van der Waals surface area (Å²) in [6.45, 7) is 3.87. The van der Waals surface area contributed by atoms with Crippen LogP contribution in [0.3, 0.4) is 0 Å². The molecule has 0 unspecified atom stereocenters. The zero-order chi connectivity index (χ0) is 9.42. The van der Waals surface area contributed by atoms with Crippen molar-refractivity contribution in [2.24, 2.45) is 0 Å². The van der Waals surface area contributed by atoms with Gasteiger partial charge in [-0.15, -0.1) is 21.5 Å². The Morgan fingerprint density at radius 1 is 1.38 bits per heavy atom. The molecular formula is C8H7IN2OS. The van der Waals surface area contributed by atoms with Crippen LogP contribution in [-0.2, 0) is 0 Å². The van der Waals surface area contributed by atoms with Crippen LogP contribution in [0.1, 0.15) is 11.5 Å². The van der Waals surface area contributed by atoms with E-state index in [1.807, 2.05) is 0 Å². The molecule has 0 N–H and O–H groups in total. The summed E-state index contributed by atoms with van der Waals surface area (Å²) < 4.78 is 6.55. The van der Waals surface area contributed by atoms with Crippen molar-refractivity contribution in [2.45, 2.75) is 13.8 Å². The van der Waals surface area contributed by atoms with Crippen molar-refractivity contribution in [1.82, 2.24) is 10.2 Å². The van der Waals surface area contributed by atoms with Crippen LogP contribution in [0, 0.1) is 17.4 Å². The van der Waals surface area contributed by atoms with Gasteiger partial charge in [0.25, 0.3) is 5.89 Å². The Labute approximate surface area is 93.3 Å². The SMILES string of the molecule is Cc1nnc(-c2scc(C)c2I)o1. The topological polar surface area (TPSA) is 38.9 Å². The highest BCUT2D eigenvalue weighted by Gasteiger charge is 2.13. The standard InChI is InChI=1S/C8H7IN2OS/c1-4-3-13-7(6(4)9)8-11-10-5(2)12-8/h3H,1-2H3. The summed E-state index contributed by atoms with van der Waals surface area (Å²) >= 11 is 3.93. The first-order valence-electron chi connectivity index (χ1n) is 3.72. The molecule has 0 saturated heterocycles. The summed E-state index contributed by atoms with van der Waals surface area (Å²) in [5, 5.41) is 9.87. The molecule has 0 spiro atoms. The molecule has 0 saturated carbocycles. The Kier molecular flexibility index (Phi) is 2.37. The van der Waals surface area contributed by atoms with E-state index < -0.39 is 0 Å². The number of rotatable bonds is 1. The normalized spacial score (nSPS) is 10.7. The number of hydrogen-bond acceptors (Lipinski definition) is 4. The smallest absolute Gasteiger partial charge is 0.258 e. The van der Waals surface area contributed by atoms with Gasteiger partial charge in [-0.2, -0.15) is 0 Å². The Bertz CT molecular complexity index is 435. The molecule has 0 aliphatic rings. The number of thiophene rings is 1. The second kappa shape index (κ2) is 3.38. The number of nitrogens with zero attached hydrogens (tertiary/aromatic N) is 2. The minimum absolute atomic E-state index is 0.608. The van der Waals surface area contributed by atoms with Crippen molar-refractivity contribution >= 4 is 33.9 Å². The molecule has 0 aliphatic heterocycles. The van der Waals surface area contributed by atoms with Crippen molar-refractivity contribution in [3.8, 4) is 10.8 Å². The van der Waals surface area contributed by atoms with E-state index in [0.717, 1.165) is 4.88 Å². The van der Waals surface area contributed by atoms with Gasteiger partial charge in [-0.25, -0.2) is 0 Å². The van der Waals surface area contributed by atoms with Gasteiger partial charge in [-0.3, -0.25) is 0 Å². The van der Waals surface area contributed by atoms with Crippen LogP contribution >= 0.6 is 33.9 Å². The number of hydrogen-bond donors (Lipinski definition) is 0. The van der Waals surface area contributed by atoms with Crippen LogP contribution in [-0.4, -0.2) is 10.2 Å². The van der Waals surface area contributed by atoms with E-state index >= 15 is 0 Å². The van der Waals surface area contributed by atoms with Gasteiger partial charge in [0, 0.05) is 10.5 Å². The van der Waals surface area contributed by atoms with E-state index in [-0.39, 0.29) is 0 Å². The van der Waals surface area contributed by atoms with Crippen LogP contribution in [0.15, 0.2) is 9.80 Å². The molecule has 0 atom stereocenters. The van der Waals surface area contributed by atoms with Gasteiger partial charge in [0.05, 0.1) is 0 Å². The minimum atomic E-state index is 0.608. The third-order valence-corrected chi connectivity index (χ3v) is 4.46. The highest BCUT2D eigenvalue weighted by Crippen LogP contribution is 2.32. The monoisotopic (exact) mass is 306 g/mol. The molecule has 2 aromatic rings. The fourth-order valence-electron chi connectivity index (χ4n) is 0.962. The average molecular weight is 306 g/mol. The van der Waals surface area contributed by atoms with E-state index in [2.05, 4.69) is 45.1 Å². The van der Waals surface area contributed by atoms with Crippen molar-refractivity contribution in [1.29, 1.82) is 0 Å². The second-order valence-electron chi connectivity index (χ2n) is 2.69. The number of halogens is 1. The molecule has 0 aliphatic carbocycles. The number of aryl methyl sites for hydroxylation is 2. The van der Waals surface area contributed by atoms with Gasteiger partial charge in [0.2, 0.25) is 5.89 Å². The first-order chi connectivity index (χ1) is 6.18. The van der Waals surface area contributed by atoms with Crippen LogP contribution < -0.4 is 0 Å². The maximum atomic E-state index is 5.35. The molecule has 0 fully saturated rings. The summed E-state index contributed by atoms with van der Waals surface area (Å²) in [5.41, 5.74) is 1.26. The summed E-state index contributed by atoms with van der Waals surface area (Å²) in [6, 6.07) is 0. The average Bonchev–Trinajstić information content (AvgIpc) is 2.62. The van der Waals surface area contributed by atoms with Gasteiger partial charge in [-0.1, -0.05) is 0 Å². The third kappa shape index (κ3) is 1.62. The fraction of sp³-hybridized carbons (Fsp3) is 0.250. The summed E-state index contributed by atoms with van der Waals surface area (Å²) in [6.07, 6.45) is 0. The lowest BCUT2D eigenvalue weighted by Crippen LogP contribution is -1.77. The maximum Gasteiger partial charge on any atom is 0.258 e. The fourth-order valence-corrected chi connectivity index (χ4v) is 2.80. The molecule has 13 heavy (non-hydrogen) atoms. The van der Waals surface area contributed by atoms with Crippen LogP contribution in [0.5, 0.6) is 0 Å². The Morgan fingerprint density at radius 2 is 2.15 bits per heavy atom. The van der Waals surface area contributed by atoms with Crippen molar-refractivity contribution in [3.63, 3.8) is 0 Å². The lowest BCUT2D eigenvalue weighted by molar-refractivity contribution is 0.533. The molecule has 0 aromatic carbocycles. The van der Waals surface area contributed by atoms with E-state index in [1.54, 1.807) is 18.3 Å². The second-order valence-corrected chi connectivity index (χ2v) is 4.65. The highest BCUT2D eigenvalue weighted by atomic mass is 127. The Morgan fingerprint density at radius 3 is 2.62 bits per heavy atom.